The molecule has 2 aromatic rings. The van der Waals surface area contributed by atoms with E-state index in [0.717, 1.165) is 12.1 Å². The van der Waals surface area contributed by atoms with Crippen molar-refractivity contribution in [3.05, 3.63) is 23.9 Å². The summed E-state index contributed by atoms with van der Waals surface area (Å²) in [7, 11) is 1.69. The van der Waals surface area contributed by atoms with E-state index in [9.17, 15) is 12.9 Å². The van der Waals surface area contributed by atoms with Gasteiger partial charge in [-0.2, -0.15) is 5.10 Å². The Balaban J connectivity index is 0.00000128. The molecule has 1 aromatic heterocycles. The predicted octanol–water partition coefficient (Wildman–Crippen LogP) is -1.06. The second-order valence-corrected chi connectivity index (χ2v) is 3.65. The summed E-state index contributed by atoms with van der Waals surface area (Å²) >= 11 is 0. The van der Waals surface area contributed by atoms with Crippen molar-refractivity contribution >= 4 is 23.3 Å². The van der Waals surface area contributed by atoms with E-state index in [0.29, 0.717) is 16.5 Å². The first kappa shape index (κ1) is 14.2. The van der Waals surface area contributed by atoms with Crippen molar-refractivity contribution in [2.75, 3.05) is 0 Å². The molecule has 0 saturated heterocycles. The predicted molar refractivity (Wildman–Crippen MR) is 54.2 cm³/mol. The average molecular weight is 252 g/mol. The molecular weight excluding hydrogens is 243 g/mol. The van der Waals surface area contributed by atoms with E-state index in [1.54, 1.807) is 20.2 Å². The monoisotopic (exact) mass is 252 g/mol. The number of halogens is 3. The summed E-state index contributed by atoms with van der Waals surface area (Å²) in [5.74, 6) is 0. The van der Waals surface area contributed by atoms with Gasteiger partial charge < -0.3 is 12.9 Å². The summed E-state index contributed by atoms with van der Waals surface area (Å²) in [5, 5.41) is 4.63. The van der Waals surface area contributed by atoms with Gasteiger partial charge in [-0.15, -0.1) is 5.46 Å². The molecule has 1 aromatic carbocycles. The molecule has 1 heterocycles. The molecule has 0 aliphatic carbocycles. The zero-order valence-corrected chi connectivity index (χ0v) is 12.5. The van der Waals surface area contributed by atoms with Gasteiger partial charge in [0.15, 0.2) is 0 Å². The first-order valence-corrected chi connectivity index (χ1v) is 4.52. The molecule has 7 heteroatoms. The average Bonchev–Trinajstić information content (AvgIpc) is 2.44. The summed E-state index contributed by atoms with van der Waals surface area (Å²) in [4.78, 5) is 0. The van der Waals surface area contributed by atoms with Gasteiger partial charge >= 0.3 is 58.4 Å². The van der Waals surface area contributed by atoms with Gasteiger partial charge in [-0.3, -0.25) is 4.68 Å². The standard InChI is InChI=1S/C9H9BF3N2.K/c1-6-3-8(10(11,12)13)4-7-5-15(2)14-9(6)7;/h3-5H,1-2H3;/q-1;+1. The van der Waals surface area contributed by atoms with Crippen LogP contribution in [-0.4, -0.2) is 16.8 Å². The first-order chi connectivity index (χ1) is 6.88. The van der Waals surface area contributed by atoms with E-state index in [4.69, 9.17) is 0 Å². The number of fused-ring (bicyclic) bond motifs is 1. The fourth-order valence-electron chi connectivity index (χ4n) is 1.65. The van der Waals surface area contributed by atoms with Crippen LogP contribution < -0.4 is 56.8 Å². The maximum Gasteiger partial charge on any atom is 1.00 e. The molecule has 0 radical (unpaired) electrons. The van der Waals surface area contributed by atoms with Crippen LogP contribution in [0.3, 0.4) is 0 Å². The molecule has 16 heavy (non-hydrogen) atoms. The van der Waals surface area contributed by atoms with Crippen LogP contribution in [0.2, 0.25) is 0 Å². The van der Waals surface area contributed by atoms with Crippen LogP contribution in [-0.2, 0) is 7.05 Å². The Hall–Kier alpha value is 0.181. The summed E-state index contributed by atoms with van der Waals surface area (Å²) in [6.07, 6.45) is 1.59. The van der Waals surface area contributed by atoms with Crippen LogP contribution >= 0.6 is 0 Å². The number of aromatic nitrogens is 2. The third-order valence-corrected chi connectivity index (χ3v) is 2.31. The molecule has 0 saturated carbocycles. The van der Waals surface area contributed by atoms with E-state index >= 15 is 0 Å². The molecule has 0 N–H and O–H groups in total. The molecule has 2 nitrogen and oxygen atoms in total. The second kappa shape index (κ2) is 4.81. The van der Waals surface area contributed by atoms with Crippen molar-refractivity contribution in [3.63, 3.8) is 0 Å². The molecule has 0 fully saturated rings. The third kappa shape index (κ3) is 2.70. The van der Waals surface area contributed by atoms with Crippen molar-refractivity contribution in [1.82, 2.24) is 9.78 Å². The Morgan fingerprint density at radius 3 is 2.44 bits per heavy atom. The molecule has 0 aliphatic heterocycles. The van der Waals surface area contributed by atoms with Gasteiger partial charge in [0.2, 0.25) is 0 Å². The smallest absolute Gasteiger partial charge is 0.445 e. The zero-order chi connectivity index (χ0) is 11.2. The third-order valence-electron chi connectivity index (χ3n) is 2.31. The van der Waals surface area contributed by atoms with Gasteiger partial charge in [0.25, 0.3) is 0 Å². The maximum absolute atomic E-state index is 12.5. The normalized spacial score (nSPS) is 11.6. The largest absolute Gasteiger partial charge is 1.00 e. The Morgan fingerprint density at radius 2 is 1.88 bits per heavy atom. The quantitative estimate of drug-likeness (QED) is 0.592. The summed E-state index contributed by atoms with van der Waals surface area (Å²) in [5.41, 5.74) is 0.622. The molecule has 2 rings (SSSR count). The van der Waals surface area contributed by atoms with Crippen molar-refractivity contribution in [2.45, 2.75) is 6.92 Å². The number of rotatable bonds is 1. The molecule has 0 amide bonds. The van der Waals surface area contributed by atoms with Crippen LogP contribution in [0.5, 0.6) is 0 Å². The van der Waals surface area contributed by atoms with E-state index in [1.807, 2.05) is 0 Å². The zero-order valence-electron chi connectivity index (χ0n) is 9.34. The number of hydrogen-bond acceptors (Lipinski definition) is 1. The van der Waals surface area contributed by atoms with Crippen LogP contribution in [0, 0.1) is 6.92 Å². The van der Waals surface area contributed by atoms with Gasteiger partial charge in [0.05, 0.1) is 5.52 Å². The van der Waals surface area contributed by atoms with Crippen molar-refractivity contribution < 1.29 is 64.3 Å². The Kier molecular flexibility index (Phi) is 4.29. The summed E-state index contributed by atoms with van der Waals surface area (Å²) in [6.45, 7) is -3.29. The van der Waals surface area contributed by atoms with E-state index in [1.165, 1.54) is 4.68 Å². The molecule has 80 valence electrons. The van der Waals surface area contributed by atoms with E-state index in [2.05, 4.69) is 5.10 Å². The molecular formula is C9H9BF3KN2. The summed E-state index contributed by atoms with van der Waals surface area (Å²) in [6, 6.07) is 2.30. The molecule has 0 aliphatic rings. The van der Waals surface area contributed by atoms with Crippen molar-refractivity contribution in [3.8, 4) is 0 Å². The Bertz CT molecular complexity index is 521. The van der Waals surface area contributed by atoms with Crippen molar-refractivity contribution in [2.24, 2.45) is 7.05 Å². The molecule has 0 bridgehead atoms. The van der Waals surface area contributed by atoms with Gasteiger partial charge in [-0.1, -0.05) is 12.1 Å². The van der Waals surface area contributed by atoms with Crippen molar-refractivity contribution in [1.29, 1.82) is 0 Å². The number of aryl methyl sites for hydroxylation is 2. The van der Waals surface area contributed by atoms with Gasteiger partial charge in [-0.05, 0) is 12.5 Å². The number of benzene rings is 1. The van der Waals surface area contributed by atoms with Gasteiger partial charge in [0.1, 0.15) is 0 Å². The van der Waals surface area contributed by atoms with Gasteiger partial charge in [0, 0.05) is 18.6 Å². The number of nitrogens with zero attached hydrogens (tertiary/aromatic N) is 2. The fourth-order valence-corrected chi connectivity index (χ4v) is 1.65. The van der Waals surface area contributed by atoms with Crippen LogP contribution in [0.1, 0.15) is 5.56 Å². The summed E-state index contributed by atoms with van der Waals surface area (Å²) < 4.78 is 39.1. The molecule has 0 unspecified atom stereocenters. The minimum absolute atomic E-state index is 0. The molecule has 0 spiro atoms. The molecule has 0 atom stereocenters. The maximum atomic E-state index is 12.5. The van der Waals surface area contributed by atoms with E-state index in [-0.39, 0.29) is 51.4 Å². The fraction of sp³-hybridized carbons (Fsp3) is 0.222. The van der Waals surface area contributed by atoms with Gasteiger partial charge in [-0.25, -0.2) is 0 Å². The second-order valence-electron chi connectivity index (χ2n) is 3.65. The van der Waals surface area contributed by atoms with Crippen LogP contribution in [0.15, 0.2) is 18.3 Å². The van der Waals surface area contributed by atoms with Crippen LogP contribution in [0.25, 0.3) is 10.9 Å². The SMILES string of the molecule is Cc1cc([B-](F)(F)F)cc2cn(C)nc12.[K+]. The number of hydrogen-bond donors (Lipinski definition) is 0. The Labute approximate surface area is 134 Å². The van der Waals surface area contributed by atoms with Crippen LogP contribution in [0.4, 0.5) is 12.9 Å². The Morgan fingerprint density at radius 1 is 1.25 bits per heavy atom. The first-order valence-electron chi connectivity index (χ1n) is 4.52. The minimum Gasteiger partial charge on any atom is -0.445 e. The van der Waals surface area contributed by atoms with E-state index < -0.39 is 12.4 Å². The minimum atomic E-state index is -4.93. The topological polar surface area (TPSA) is 17.8 Å².